The number of aromatic amines is 1. The van der Waals surface area contributed by atoms with E-state index in [-0.39, 0.29) is 18.4 Å². The van der Waals surface area contributed by atoms with Gasteiger partial charge >= 0.3 is 0 Å². The van der Waals surface area contributed by atoms with Gasteiger partial charge in [0.15, 0.2) is 5.82 Å². The van der Waals surface area contributed by atoms with E-state index in [4.69, 9.17) is 16.3 Å². The molecule has 5 rings (SSSR count). The summed E-state index contributed by atoms with van der Waals surface area (Å²) in [4.78, 5) is 25.4. The van der Waals surface area contributed by atoms with Crippen molar-refractivity contribution in [2.75, 3.05) is 18.4 Å². The number of carbonyl (C=O) groups is 1. The van der Waals surface area contributed by atoms with E-state index in [9.17, 15) is 4.79 Å². The van der Waals surface area contributed by atoms with Crippen LogP contribution in [0.1, 0.15) is 30.0 Å². The predicted molar refractivity (Wildman–Crippen MR) is 138 cm³/mol. The molecule has 0 saturated carbocycles. The van der Waals surface area contributed by atoms with Gasteiger partial charge in [-0.3, -0.25) is 9.78 Å². The number of anilines is 2. The van der Waals surface area contributed by atoms with Crippen LogP contribution >= 0.6 is 11.6 Å². The Labute approximate surface area is 213 Å². The second-order valence-corrected chi connectivity index (χ2v) is 9.04. The summed E-state index contributed by atoms with van der Waals surface area (Å²) in [6.07, 6.45) is 7.68. The van der Waals surface area contributed by atoms with Crippen LogP contribution in [0.5, 0.6) is 5.75 Å². The van der Waals surface area contributed by atoms with Gasteiger partial charge in [-0.15, -0.1) is 0 Å². The Morgan fingerprint density at radius 3 is 2.83 bits per heavy atom. The van der Waals surface area contributed by atoms with E-state index >= 15 is 4.39 Å². The second-order valence-electron chi connectivity index (χ2n) is 8.63. The number of halogens is 2. The lowest BCUT2D eigenvalue weighted by Gasteiger charge is -2.31. The Morgan fingerprint density at radius 1 is 1.28 bits per heavy atom. The first-order valence-electron chi connectivity index (χ1n) is 11.7. The van der Waals surface area contributed by atoms with Crippen molar-refractivity contribution in [2.24, 2.45) is 0 Å². The molecule has 0 bridgehead atoms. The summed E-state index contributed by atoms with van der Waals surface area (Å²) in [5.74, 6) is 0.153. The number of nitrogens with zero attached hydrogens (tertiary/aromatic N) is 3. The number of aromatic nitrogens is 3. The number of rotatable bonds is 7. The Hall–Kier alpha value is -3.91. The number of fused-ring (bicyclic) bond motifs is 1. The molecule has 3 aromatic heterocycles. The van der Waals surface area contributed by atoms with Crippen LogP contribution < -0.4 is 10.1 Å². The van der Waals surface area contributed by atoms with Crippen LogP contribution in [-0.4, -0.2) is 38.8 Å². The third-order valence-electron chi connectivity index (χ3n) is 6.41. The largest absolute Gasteiger partial charge is 0.486 e. The zero-order valence-corrected chi connectivity index (χ0v) is 20.3. The average Bonchev–Trinajstić information content (AvgIpc) is 3.34. The predicted octanol–water partition coefficient (Wildman–Crippen LogP) is 5.97. The first-order chi connectivity index (χ1) is 17.5. The molecule has 1 aliphatic rings. The minimum absolute atomic E-state index is 0.0632. The van der Waals surface area contributed by atoms with Crippen molar-refractivity contribution in [1.29, 1.82) is 0 Å². The number of pyridine rings is 2. The molecular formula is C27H25ClFN5O2. The fourth-order valence-corrected chi connectivity index (χ4v) is 4.79. The van der Waals surface area contributed by atoms with Gasteiger partial charge in [0, 0.05) is 36.6 Å². The van der Waals surface area contributed by atoms with Crippen LogP contribution in [0.25, 0.3) is 11.0 Å². The molecule has 2 N–H and O–H groups in total. The van der Waals surface area contributed by atoms with Gasteiger partial charge in [0.1, 0.15) is 18.0 Å². The Morgan fingerprint density at radius 2 is 2.11 bits per heavy atom. The maximum atomic E-state index is 15.1. The number of likely N-dealkylation sites (tertiary alicyclic amines) is 1. The molecule has 1 aromatic carbocycles. The van der Waals surface area contributed by atoms with E-state index in [2.05, 4.69) is 26.8 Å². The number of piperidine rings is 1. The number of amides is 1. The van der Waals surface area contributed by atoms with Crippen molar-refractivity contribution in [1.82, 2.24) is 19.9 Å². The van der Waals surface area contributed by atoms with Crippen molar-refractivity contribution < 1.29 is 13.9 Å². The quantitative estimate of drug-likeness (QED) is 0.302. The topological polar surface area (TPSA) is 83.1 Å². The monoisotopic (exact) mass is 505 g/mol. The van der Waals surface area contributed by atoms with E-state index in [0.717, 1.165) is 24.1 Å². The van der Waals surface area contributed by atoms with Crippen molar-refractivity contribution in [3.05, 3.63) is 89.7 Å². The van der Waals surface area contributed by atoms with Gasteiger partial charge in [-0.25, -0.2) is 9.37 Å². The van der Waals surface area contributed by atoms with E-state index < -0.39 is 5.82 Å². The molecule has 1 aliphatic heterocycles. The smallest absolute Gasteiger partial charge is 0.245 e. The van der Waals surface area contributed by atoms with Crippen LogP contribution in [0.2, 0.25) is 5.02 Å². The minimum atomic E-state index is -0.464. The summed E-state index contributed by atoms with van der Waals surface area (Å²) in [6.45, 7) is 5.11. The number of carbonyl (C=O) groups excluding carboxylic acids is 1. The summed E-state index contributed by atoms with van der Waals surface area (Å²) >= 11 is 6.47. The summed E-state index contributed by atoms with van der Waals surface area (Å²) in [6, 6.07) is 10.8. The average molecular weight is 506 g/mol. The lowest BCUT2D eigenvalue weighted by molar-refractivity contribution is -0.127. The van der Waals surface area contributed by atoms with Crippen LogP contribution in [0.4, 0.5) is 15.8 Å². The van der Waals surface area contributed by atoms with Gasteiger partial charge in [0.2, 0.25) is 5.91 Å². The number of benzene rings is 1. The molecule has 0 atom stereocenters. The molecule has 1 fully saturated rings. The third kappa shape index (κ3) is 4.90. The van der Waals surface area contributed by atoms with Crippen molar-refractivity contribution in [3.8, 4) is 5.75 Å². The highest BCUT2D eigenvalue weighted by atomic mass is 35.5. The van der Waals surface area contributed by atoms with Gasteiger partial charge < -0.3 is 19.9 Å². The number of H-pyrrole nitrogens is 1. The van der Waals surface area contributed by atoms with Crippen LogP contribution in [0.3, 0.4) is 0 Å². The van der Waals surface area contributed by atoms with Crippen molar-refractivity contribution in [2.45, 2.75) is 25.4 Å². The molecule has 184 valence electrons. The van der Waals surface area contributed by atoms with Gasteiger partial charge in [0.25, 0.3) is 0 Å². The highest BCUT2D eigenvalue weighted by molar-refractivity contribution is 6.32. The number of ether oxygens (including phenoxy) is 1. The molecule has 4 heterocycles. The first kappa shape index (κ1) is 23.8. The van der Waals surface area contributed by atoms with Crippen molar-refractivity contribution in [3.63, 3.8) is 0 Å². The number of hydrogen-bond acceptors (Lipinski definition) is 5. The van der Waals surface area contributed by atoms with Gasteiger partial charge in [0.05, 0.1) is 22.6 Å². The Kier molecular flexibility index (Phi) is 6.86. The second kappa shape index (κ2) is 10.4. The summed E-state index contributed by atoms with van der Waals surface area (Å²) in [5, 5.41) is 4.30. The van der Waals surface area contributed by atoms with Gasteiger partial charge in [-0.1, -0.05) is 24.2 Å². The van der Waals surface area contributed by atoms with Gasteiger partial charge in [-0.05, 0) is 60.7 Å². The highest BCUT2D eigenvalue weighted by Crippen LogP contribution is 2.39. The van der Waals surface area contributed by atoms with E-state index in [1.165, 1.54) is 12.3 Å². The van der Waals surface area contributed by atoms with E-state index in [1.54, 1.807) is 29.3 Å². The standard InChI is InChI=1S/C27H25ClFN5O2/c1-2-24(35)34-11-8-17(9-12-34)20-14-31-27-25(20)26(22(29)15-32-27)33-18-6-7-23(21(28)13-18)36-16-19-5-3-4-10-30-19/h2-7,10,13-15,17H,1,8-9,11-12,16H2,(H2,31,32,33). The lowest BCUT2D eigenvalue weighted by Crippen LogP contribution is -2.36. The van der Waals surface area contributed by atoms with Crippen LogP contribution in [0.15, 0.2) is 67.6 Å². The van der Waals surface area contributed by atoms with Crippen molar-refractivity contribution >= 4 is 39.9 Å². The molecule has 4 aromatic rings. The molecule has 0 aliphatic carbocycles. The lowest BCUT2D eigenvalue weighted by atomic mass is 9.89. The third-order valence-corrected chi connectivity index (χ3v) is 6.71. The molecule has 9 heteroatoms. The zero-order chi connectivity index (χ0) is 25.1. The molecular weight excluding hydrogens is 481 g/mol. The zero-order valence-electron chi connectivity index (χ0n) is 19.5. The normalized spacial score (nSPS) is 14.1. The van der Waals surface area contributed by atoms with Crippen LogP contribution in [0, 0.1) is 5.82 Å². The Bertz CT molecular complexity index is 1400. The summed E-state index contributed by atoms with van der Waals surface area (Å²) in [7, 11) is 0. The SMILES string of the molecule is C=CC(=O)N1CCC(c2c[nH]c3ncc(F)c(Nc4ccc(OCc5ccccn5)c(Cl)c4)c23)CC1. The maximum Gasteiger partial charge on any atom is 0.245 e. The minimum Gasteiger partial charge on any atom is -0.486 e. The maximum absolute atomic E-state index is 15.1. The molecule has 1 amide bonds. The number of nitrogens with one attached hydrogen (secondary N) is 2. The molecule has 7 nitrogen and oxygen atoms in total. The molecule has 0 spiro atoms. The summed E-state index contributed by atoms with van der Waals surface area (Å²) < 4.78 is 20.9. The fraction of sp³-hybridized carbons (Fsp3) is 0.222. The summed E-state index contributed by atoms with van der Waals surface area (Å²) in [5.41, 5.74) is 3.32. The molecule has 36 heavy (non-hydrogen) atoms. The highest BCUT2D eigenvalue weighted by Gasteiger charge is 2.26. The fourth-order valence-electron chi connectivity index (χ4n) is 4.56. The first-order valence-corrected chi connectivity index (χ1v) is 12.1. The van der Waals surface area contributed by atoms with Crippen LogP contribution in [-0.2, 0) is 11.4 Å². The molecule has 0 unspecified atom stereocenters. The van der Waals surface area contributed by atoms with E-state index in [1.807, 2.05) is 24.4 Å². The molecule has 1 saturated heterocycles. The van der Waals surface area contributed by atoms with Gasteiger partial charge in [-0.2, -0.15) is 0 Å². The van der Waals surface area contributed by atoms with E-state index in [0.29, 0.717) is 46.3 Å². The molecule has 0 radical (unpaired) electrons. The Balaban J connectivity index is 1.37. The number of hydrogen-bond donors (Lipinski definition) is 2.